The van der Waals surface area contributed by atoms with Gasteiger partial charge in [-0.25, -0.2) is 0 Å². The molecule has 0 spiro atoms. The van der Waals surface area contributed by atoms with Crippen molar-refractivity contribution in [2.75, 3.05) is 0 Å². The summed E-state index contributed by atoms with van der Waals surface area (Å²) in [7, 11) is 0. The van der Waals surface area contributed by atoms with Crippen molar-refractivity contribution in [1.82, 2.24) is 0 Å². The molecule has 0 aliphatic carbocycles. The van der Waals surface area contributed by atoms with Gasteiger partial charge in [0.1, 0.15) is 0 Å². The Morgan fingerprint density at radius 1 is 1.17 bits per heavy atom. The second-order valence-corrected chi connectivity index (χ2v) is 2.91. The van der Waals surface area contributed by atoms with Crippen molar-refractivity contribution < 1.29 is 12.9 Å². The van der Waals surface area contributed by atoms with Crippen LogP contribution in [0.15, 0.2) is 24.3 Å². The number of hydrogen-bond acceptors (Lipinski definition) is 0. The lowest BCUT2D eigenvalue weighted by Crippen LogP contribution is -2.19. The van der Waals surface area contributed by atoms with Crippen LogP contribution in [0.4, 0.5) is 12.9 Å². The molecule has 0 aliphatic heterocycles. The zero-order valence-corrected chi connectivity index (χ0v) is 6.86. The largest absolute Gasteiger partial charge is 0.482 e. The Balaban J connectivity index is 2.83. The average molecular weight is 193 g/mol. The summed E-state index contributed by atoms with van der Waals surface area (Å²) in [6, 6.07) is 5.99. The molecule has 66 valence electrons. The van der Waals surface area contributed by atoms with Crippen molar-refractivity contribution in [1.29, 1.82) is 0 Å². The Morgan fingerprint density at radius 2 is 1.75 bits per heavy atom. The van der Waals surface area contributed by atoms with Gasteiger partial charge in [0.15, 0.2) is 0 Å². The van der Waals surface area contributed by atoms with Crippen molar-refractivity contribution in [2.24, 2.45) is 0 Å². The minimum absolute atomic E-state index is 0.145. The van der Waals surface area contributed by atoms with Gasteiger partial charge in [0.2, 0.25) is 0 Å². The fourth-order valence-corrected chi connectivity index (χ4v) is 1.13. The molecule has 0 heterocycles. The number of benzene rings is 1. The van der Waals surface area contributed by atoms with Crippen molar-refractivity contribution in [3.05, 3.63) is 34.9 Å². The summed E-state index contributed by atoms with van der Waals surface area (Å²) in [5.74, 6) is 0. The summed E-state index contributed by atoms with van der Waals surface area (Å²) in [4.78, 5) is 0. The molecule has 0 aromatic heterocycles. The van der Waals surface area contributed by atoms with E-state index in [-0.39, 0.29) is 10.6 Å². The molecule has 0 radical (unpaired) electrons. The molecule has 12 heavy (non-hydrogen) atoms. The maximum absolute atomic E-state index is 11.9. The van der Waals surface area contributed by atoms with Gasteiger partial charge < -0.3 is 12.9 Å². The number of rotatable bonds is 2. The van der Waals surface area contributed by atoms with Gasteiger partial charge in [-0.05, 0) is 6.07 Å². The molecular weight excluding hydrogens is 187 g/mol. The van der Waals surface area contributed by atoms with E-state index in [0.29, 0.717) is 0 Å². The molecule has 1 aromatic rings. The van der Waals surface area contributed by atoms with E-state index in [9.17, 15) is 12.9 Å². The first-order valence-corrected chi connectivity index (χ1v) is 3.81. The van der Waals surface area contributed by atoms with E-state index in [0.717, 1.165) is 0 Å². The Bertz CT molecular complexity index is 272. The summed E-state index contributed by atoms with van der Waals surface area (Å²) in [5.41, 5.74) is 0.145. The quantitative estimate of drug-likeness (QED) is 0.632. The van der Waals surface area contributed by atoms with Crippen LogP contribution in [0.5, 0.6) is 0 Å². The van der Waals surface area contributed by atoms with Crippen molar-refractivity contribution >= 4 is 18.6 Å². The number of halogens is 4. The fraction of sp³-hybridized carbons (Fsp3) is 0.143. The minimum Gasteiger partial charge on any atom is -0.449 e. The zero-order chi connectivity index (χ0) is 9.19. The lowest BCUT2D eigenvalue weighted by molar-refractivity contribution is 0.468. The van der Waals surface area contributed by atoms with E-state index in [1.165, 1.54) is 12.1 Å². The van der Waals surface area contributed by atoms with Crippen LogP contribution in [0.2, 0.25) is 5.02 Å². The predicted octanol–water partition coefficient (Wildman–Crippen LogP) is 3.27. The molecule has 1 rings (SSSR count). The monoisotopic (exact) mass is 193 g/mol. The minimum atomic E-state index is -4.79. The first-order valence-electron chi connectivity index (χ1n) is 3.43. The van der Waals surface area contributed by atoms with Crippen LogP contribution in [-0.2, 0) is 6.32 Å². The molecule has 0 fully saturated rings. The molecule has 0 unspecified atom stereocenters. The van der Waals surface area contributed by atoms with Gasteiger partial charge in [0.25, 0.3) is 0 Å². The van der Waals surface area contributed by atoms with Crippen LogP contribution in [0.25, 0.3) is 0 Å². The Morgan fingerprint density at radius 3 is 2.25 bits per heavy atom. The molecule has 0 N–H and O–H groups in total. The van der Waals surface area contributed by atoms with Crippen LogP contribution in [0.3, 0.4) is 0 Å². The third kappa shape index (κ3) is 2.78. The number of hydrogen-bond donors (Lipinski definition) is 0. The van der Waals surface area contributed by atoms with Gasteiger partial charge in [-0.2, -0.15) is 0 Å². The molecule has 0 nitrogen and oxygen atoms in total. The van der Waals surface area contributed by atoms with E-state index >= 15 is 0 Å². The molecular formula is C7H6BClF3-. The second-order valence-electron chi connectivity index (χ2n) is 2.51. The van der Waals surface area contributed by atoms with E-state index in [2.05, 4.69) is 0 Å². The highest BCUT2D eigenvalue weighted by Crippen LogP contribution is 2.22. The Kier molecular flexibility index (Phi) is 2.67. The molecule has 0 saturated heterocycles. The molecule has 5 heteroatoms. The van der Waals surface area contributed by atoms with Gasteiger partial charge in [-0.3, -0.25) is 0 Å². The van der Waals surface area contributed by atoms with Crippen LogP contribution in [0.1, 0.15) is 5.56 Å². The normalized spacial score (nSPS) is 11.7. The summed E-state index contributed by atoms with van der Waals surface area (Å²) in [6.07, 6.45) is -0.903. The first kappa shape index (κ1) is 9.45. The van der Waals surface area contributed by atoms with Gasteiger partial charge in [-0.1, -0.05) is 41.7 Å². The Labute approximate surface area is 73.4 Å². The predicted molar refractivity (Wildman–Crippen MR) is 44.2 cm³/mol. The Hall–Kier alpha value is -0.635. The van der Waals surface area contributed by atoms with Crippen molar-refractivity contribution in [2.45, 2.75) is 6.32 Å². The van der Waals surface area contributed by atoms with Crippen LogP contribution in [0, 0.1) is 0 Å². The van der Waals surface area contributed by atoms with Crippen LogP contribution >= 0.6 is 11.6 Å². The molecule has 0 atom stereocenters. The second kappa shape index (κ2) is 3.39. The van der Waals surface area contributed by atoms with E-state index in [1.807, 2.05) is 0 Å². The average Bonchev–Trinajstić information content (AvgIpc) is 1.91. The van der Waals surface area contributed by atoms with Gasteiger partial charge in [0.05, 0.1) is 0 Å². The van der Waals surface area contributed by atoms with E-state index < -0.39 is 13.3 Å². The maximum atomic E-state index is 11.9. The third-order valence-corrected chi connectivity index (χ3v) is 1.78. The molecule has 0 bridgehead atoms. The molecule has 0 aliphatic rings. The van der Waals surface area contributed by atoms with Crippen molar-refractivity contribution in [3.63, 3.8) is 0 Å². The van der Waals surface area contributed by atoms with Gasteiger partial charge in [0, 0.05) is 5.02 Å². The van der Waals surface area contributed by atoms with E-state index in [1.54, 1.807) is 12.1 Å². The molecule has 0 amide bonds. The third-order valence-electron chi connectivity index (χ3n) is 1.41. The van der Waals surface area contributed by atoms with Gasteiger partial charge >= 0.3 is 6.98 Å². The summed E-state index contributed by atoms with van der Waals surface area (Å²) >= 11 is 5.54. The molecule has 1 aromatic carbocycles. The standard InChI is InChI=1S/C7H6BClF3/c9-7-4-2-1-3-6(7)5-8(10,11)12/h1-4H,5H2/q-1. The summed E-state index contributed by atoms with van der Waals surface area (Å²) in [5, 5.41) is 0.178. The lowest BCUT2D eigenvalue weighted by atomic mass is 9.82. The van der Waals surface area contributed by atoms with Crippen LogP contribution in [-0.4, -0.2) is 6.98 Å². The molecule has 0 saturated carbocycles. The highest BCUT2D eigenvalue weighted by atomic mass is 35.5. The smallest absolute Gasteiger partial charge is 0.449 e. The van der Waals surface area contributed by atoms with Crippen molar-refractivity contribution in [3.8, 4) is 0 Å². The lowest BCUT2D eigenvalue weighted by Gasteiger charge is -2.13. The fourth-order valence-electron chi connectivity index (χ4n) is 0.913. The first-order chi connectivity index (χ1) is 5.49. The maximum Gasteiger partial charge on any atom is 0.482 e. The summed E-state index contributed by atoms with van der Waals surface area (Å²) < 4.78 is 35.8. The highest BCUT2D eigenvalue weighted by molar-refractivity contribution is 6.58. The highest BCUT2D eigenvalue weighted by Gasteiger charge is 2.23. The van der Waals surface area contributed by atoms with E-state index in [4.69, 9.17) is 11.6 Å². The SMILES string of the molecule is F[B-](F)(F)Cc1ccccc1Cl. The van der Waals surface area contributed by atoms with Gasteiger partial charge in [-0.15, -0.1) is 0 Å². The topological polar surface area (TPSA) is 0 Å². The zero-order valence-electron chi connectivity index (χ0n) is 6.11. The summed E-state index contributed by atoms with van der Waals surface area (Å²) in [6.45, 7) is -4.79. The van der Waals surface area contributed by atoms with Crippen LogP contribution < -0.4 is 0 Å².